The summed E-state index contributed by atoms with van der Waals surface area (Å²) in [6, 6.07) is 11.7. The highest BCUT2D eigenvalue weighted by atomic mass is 16.3. The molecular weight excluding hydrogens is 354 g/mol. The second kappa shape index (κ2) is 7.96. The standard InChI is InChI=1S/C21H21N5O2/c1-15-5-2-3-7-17(15)20-21(26-11-10-22-14-18(26)25-20)23-9-8-19(27)24-13-16-6-4-12-28-16/h2-7,10-12,14,23H,8-9,13H2,1H3,(H,24,27). The molecule has 0 spiro atoms. The average Bonchev–Trinajstić information content (AvgIpc) is 3.35. The highest BCUT2D eigenvalue weighted by Gasteiger charge is 2.15. The zero-order chi connectivity index (χ0) is 19.3. The van der Waals surface area contributed by atoms with E-state index in [0.29, 0.717) is 19.5 Å². The van der Waals surface area contributed by atoms with Crippen LogP contribution in [0.1, 0.15) is 17.7 Å². The van der Waals surface area contributed by atoms with Crippen molar-refractivity contribution in [2.24, 2.45) is 0 Å². The summed E-state index contributed by atoms with van der Waals surface area (Å²) in [6.45, 7) is 2.93. The molecule has 0 fully saturated rings. The number of anilines is 1. The number of benzene rings is 1. The lowest BCUT2D eigenvalue weighted by atomic mass is 10.1. The summed E-state index contributed by atoms with van der Waals surface area (Å²) in [5.74, 6) is 1.54. The smallest absolute Gasteiger partial charge is 0.222 e. The van der Waals surface area contributed by atoms with Crippen LogP contribution in [0.2, 0.25) is 0 Å². The summed E-state index contributed by atoms with van der Waals surface area (Å²) in [7, 11) is 0. The van der Waals surface area contributed by atoms with Crippen molar-refractivity contribution >= 4 is 17.4 Å². The molecule has 0 radical (unpaired) electrons. The van der Waals surface area contributed by atoms with Gasteiger partial charge in [-0.15, -0.1) is 0 Å². The number of hydrogen-bond acceptors (Lipinski definition) is 5. The Labute approximate surface area is 162 Å². The number of imidazole rings is 1. The molecule has 0 aliphatic carbocycles. The van der Waals surface area contributed by atoms with Crippen LogP contribution in [0.25, 0.3) is 16.9 Å². The Balaban J connectivity index is 1.49. The summed E-state index contributed by atoms with van der Waals surface area (Å²) in [5.41, 5.74) is 3.79. The number of nitrogens with zero attached hydrogens (tertiary/aromatic N) is 3. The highest BCUT2D eigenvalue weighted by Crippen LogP contribution is 2.30. The Kier molecular flexibility index (Phi) is 5.05. The second-order valence-electron chi connectivity index (χ2n) is 6.46. The van der Waals surface area contributed by atoms with Crippen molar-refractivity contribution in [2.45, 2.75) is 19.9 Å². The van der Waals surface area contributed by atoms with Gasteiger partial charge in [0.05, 0.1) is 19.0 Å². The highest BCUT2D eigenvalue weighted by molar-refractivity contribution is 5.79. The number of aryl methyl sites for hydroxylation is 1. The van der Waals surface area contributed by atoms with Crippen molar-refractivity contribution in [1.29, 1.82) is 0 Å². The number of carbonyl (C=O) groups excluding carboxylic acids is 1. The number of fused-ring (bicyclic) bond motifs is 1. The van der Waals surface area contributed by atoms with Crippen LogP contribution in [0.3, 0.4) is 0 Å². The monoisotopic (exact) mass is 375 g/mol. The minimum Gasteiger partial charge on any atom is -0.467 e. The van der Waals surface area contributed by atoms with Crippen molar-refractivity contribution in [1.82, 2.24) is 19.7 Å². The second-order valence-corrected chi connectivity index (χ2v) is 6.46. The summed E-state index contributed by atoms with van der Waals surface area (Å²) in [6.07, 6.45) is 7.24. The van der Waals surface area contributed by atoms with Crippen LogP contribution < -0.4 is 10.6 Å². The Morgan fingerprint density at radius 1 is 1.21 bits per heavy atom. The first-order valence-corrected chi connectivity index (χ1v) is 9.13. The van der Waals surface area contributed by atoms with Crippen molar-refractivity contribution in [2.75, 3.05) is 11.9 Å². The third kappa shape index (κ3) is 3.73. The number of amides is 1. The predicted molar refractivity (Wildman–Crippen MR) is 107 cm³/mol. The number of furan rings is 1. The molecule has 2 N–H and O–H groups in total. The van der Waals surface area contributed by atoms with Crippen molar-refractivity contribution in [3.63, 3.8) is 0 Å². The SMILES string of the molecule is Cc1ccccc1-c1nc2cnccn2c1NCCC(=O)NCc1ccco1. The van der Waals surface area contributed by atoms with Crippen LogP contribution in [0.5, 0.6) is 0 Å². The molecule has 0 aliphatic heterocycles. The van der Waals surface area contributed by atoms with Crippen LogP contribution in [0, 0.1) is 6.92 Å². The quantitative estimate of drug-likeness (QED) is 0.517. The van der Waals surface area contributed by atoms with Gasteiger partial charge in [-0.05, 0) is 24.6 Å². The van der Waals surface area contributed by atoms with Gasteiger partial charge in [-0.3, -0.25) is 14.2 Å². The topological polar surface area (TPSA) is 84.5 Å². The van der Waals surface area contributed by atoms with Gasteiger partial charge < -0.3 is 15.1 Å². The van der Waals surface area contributed by atoms with Gasteiger partial charge in [-0.1, -0.05) is 24.3 Å². The Hall–Kier alpha value is -3.61. The predicted octanol–water partition coefficient (Wildman–Crippen LogP) is 3.42. The van der Waals surface area contributed by atoms with Gasteiger partial charge in [-0.25, -0.2) is 4.98 Å². The van der Waals surface area contributed by atoms with Gasteiger partial charge in [0.15, 0.2) is 5.65 Å². The molecule has 7 nitrogen and oxygen atoms in total. The normalized spacial score (nSPS) is 10.9. The molecule has 0 saturated heterocycles. The van der Waals surface area contributed by atoms with E-state index < -0.39 is 0 Å². The first-order chi connectivity index (χ1) is 13.7. The third-order valence-corrected chi connectivity index (χ3v) is 4.51. The lowest BCUT2D eigenvalue weighted by Gasteiger charge is -2.10. The maximum absolute atomic E-state index is 12.1. The number of aromatic nitrogens is 3. The molecule has 7 heteroatoms. The van der Waals surface area contributed by atoms with E-state index in [0.717, 1.165) is 34.0 Å². The first-order valence-electron chi connectivity index (χ1n) is 9.13. The van der Waals surface area contributed by atoms with Crippen molar-refractivity contribution < 1.29 is 9.21 Å². The van der Waals surface area contributed by atoms with E-state index in [1.165, 1.54) is 0 Å². The van der Waals surface area contributed by atoms with Gasteiger partial charge >= 0.3 is 0 Å². The molecule has 0 bridgehead atoms. The fraction of sp³-hybridized carbons (Fsp3) is 0.190. The van der Waals surface area contributed by atoms with Crippen LogP contribution in [0.4, 0.5) is 5.82 Å². The number of nitrogens with one attached hydrogen (secondary N) is 2. The summed E-state index contributed by atoms with van der Waals surface area (Å²) in [4.78, 5) is 21.0. The average molecular weight is 375 g/mol. The third-order valence-electron chi connectivity index (χ3n) is 4.51. The van der Waals surface area contributed by atoms with Gasteiger partial charge in [0.25, 0.3) is 0 Å². The molecule has 3 heterocycles. The van der Waals surface area contributed by atoms with E-state index in [2.05, 4.69) is 28.6 Å². The zero-order valence-corrected chi connectivity index (χ0v) is 15.6. The Morgan fingerprint density at radius 3 is 2.93 bits per heavy atom. The van der Waals surface area contributed by atoms with Crippen LogP contribution >= 0.6 is 0 Å². The lowest BCUT2D eigenvalue weighted by Crippen LogP contribution is -2.24. The summed E-state index contributed by atoms with van der Waals surface area (Å²) in [5, 5.41) is 6.23. The van der Waals surface area contributed by atoms with E-state index in [9.17, 15) is 4.79 Å². The fourth-order valence-corrected chi connectivity index (χ4v) is 3.08. The van der Waals surface area contributed by atoms with Crippen molar-refractivity contribution in [3.05, 3.63) is 72.6 Å². The van der Waals surface area contributed by atoms with Gasteiger partial charge in [0.1, 0.15) is 17.3 Å². The largest absolute Gasteiger partial charge is 0.467 e. The summed E-state index contributed by atoms with van der Waals surface area (Å²) < 4.78 is 7.18. The maximum Gasteiger partial charge on any atom is 0.222 e. The van der Waals surface area contributed by atoms with Crippen LogP contribution in [-0.4, -0.2) is 26.8 Å². The minimum atomic E-state index is -0.0446. The Morgan fingerprint density at radius 2 is 2.11 bits per heavy atom. The van der Waals surface area contributed by atoms with Gasteiger partial charge in [-0.2, -0.15) is 0 Å². The molecule has 1 aromatic carbocycles. The molecule has 0 atom stereocenters. The molecule has 4 rings (SSSR count). The fourth-order valence-electron chi connectivity index (χ4n) is 3.08. The molecule has 4 aromatic rings. The van der Waals surface area contributed by atoms with E-state index in [4.69, 9.17) is 9.40 Å². The van der Waals surface area contributed by atoms with Crippen LogP contribution in [-0.2, 0) is 11.3 Å². The Bertz CT molecular complexity index is 1090. The molecule has 0 aliphatic rings. The van der Waals surface area contributed by atoms with E-state index in [1.807, 2.05) is 34.9 Å². The molecule has 142 valence electrons. The molecule has 1 amide bonds. The maximum atomic E-state index is 12.1. The number of hydrogen-bond donors (Lipinski definition) is 2. The molecule has 3 aromatic heterocycles. The van der Waals surface area contributed by atoms with E-state index in [-0.39, 0.29) is 5.91 Å². The lowest BCUT2D eigenvalue weighted by molar-refractivity contribution is -0.121. The molecule has 28 heavy (non-hydrogen) atoms. The molecule has 0 saturated carbocycles. The van der Waals surface area contributed by atoms with Crippen LogP contribution in [0.15, 0.2) is 65.7 Å². The first kappa shape index (κ1) is 17.8. The minimum absolute atomic E-state index is 0.0446. The summed E-state index contributed by atoms with van der Waals surface area (Å²) >= 11 is 0. The number of rotatable bonds is 7. The number of carbonyl (C=O) groups is 1. The zero-order valence-electron chi connectivity index (χ0n) is 15.6. The van der Waals surface area contributed by atoms with E-state index >= 15 is 0 Å². The van der Waals surface area contributed by atoms with Gasteiger partial charge in [0, 0.05) is 30.9 Å². The van der Waals surface area contributed by atoms with Crippen molar-refractivity contribution in [3.8, 4) is 11.3 Å². The van der Waals surface area contributed by atoms with Gasteiger partial charge in [0.2, 0.25) is 5.91 Å². The molecular formula is C21H21N5O2. The molecule has 0 unspecified atom stereocenters. The van der Waals surface area contributed by atoms with E-state index in [1.54, 1.807) is 24.7 Å².